The van der Waals surface area contributed by atoms with Gasteiger partial charge in [-0.15, -0.1) is 0 Å². The molecule has 0 aliphatic carbocycles. The molecule has 0 radical (unpaired) electrons. The number of hydrogen-bond donors (Lipinski definition) is 3. The maximum Gasteiger partial charge on any atom is 0.271 e. The van der Waals surface area contributed by atoms with E-state index in [2.05, 4.69) is 21.1 Å². The Morgan fingerprint density at radius 2 is 1.17 bits per heavy atom. The number of phenols is 1. The molecular formula is C23H20N4O3. The molecule has 0 saturated carbocycles. The number of nitrogens with zero attached hydrogens (tertiary/aromatic N) is 2. The molecular weight excluding hydrogens is 380 g/mol. The molecule has 0 atom stereocenters. The molecule has 30 heavy (non-hydrogen) atoms. The lowest BCUT2D eigenvalue weighted by atomic mass is 10.1. The average Bonchev–Trinajstić information content (AvgIpc) is 2.77. The van der Waals surface area contributed by atoms with Crippen LogP contribution in [0, 0.1) is 6.92 Å². The Hall–Kier alpha value is -4.26. The number of carbonyl (C=O) groups is 2. The van der Waals surface area contributed by atoms with Gasteiger partial charge >= 0.3 is 0 Å². The Bertz CT molecular complexity index is 1010. The van der Waals surface area contributed by atoms with Gasteiger partial charge in [-0.1, -0.05) is 36.4 Å². The highest BCUT2D eigenvalue weighted by atomic mass is 16.3. The van der Waals surface area contributed by atoms with Crippen LogP contribution in [0.5, 0.6) is 5.75 Å². The molecule has 150 valence electrons. The number of aryl methyl sites for hydroxylation is 1. The van der Waals surface area contributed by atoms with E-state index in [-0.39, 0.29) is 17.6 Å². The van der Waals surface area contributed by atoms with Crippen molar-refractivity contribution in [2.24, 2.45) is 10.2 Å². The van der Waals surface area contributed by atoms with Gasteiger partial charge in [-0.2, -0.15) is 10.2 Å². The van der Waals surface area contributed by atoms with Crippen molar-refractivity contribution < 1.29 is 14.7 Å². The summed E-state index contributed by atoms with van der Waals surface area (Å²) in [5.41, 5.74) is 7.44. The Kier molecular flexibility index (Phi) is 6.68. The first-order chi connectivity index (χ1) is 14.5. The minimum absolute atomic E-state index is 0.0731. The van der Waals surface area contributed by atoms with Crippen LogP contribution in [0.25, 0.3) is 0 Å². The number of aromatic hydroxyl groups is 1. The fourth-order valence-corrected chi connectivity index (χ4v) is 2.66. The summed E-state index contributed by atoms with van der Waals surface area (Å²) in [6.07, 6.45) is 2.70. The Morgan fingerprint density at radius 3 is 1.57 bits per heavy atom. The topological polar surface area (TPSA) is 103 Å². The zero-order valence-electron chi connectivity index (χ0n) is 16.2. The molecule has 0 aliphatic rings. The molecule has 7 heteroatoms. The van der Waals surface area contributed by atoms with Crippen LogP contribution in [0.15, 0.2) is 83.0 Å². The third-order valence-corrected chi connectivity index (χ3v) is 4.12. The predicted molar refractivity (Wildman–Crippen MR) is 116 cm³/mol. The second-order valence-corrected chi connectivity index (χ2v) is 6.42. The van der Waals surface area contributed by atoms with Gasteiger partial charge in [0.1, 0.15) is 5.75 Å². The minimum atomic E-state index is -0.357. The number of hydrazone groups is 2. The third kappa shape index (κ3) is 5.39. The lowest BCUT2D eigenvalue weighted by Gasteiger charge is -2.06. The molecule has 7 nitrogen and oxygen atoms in total. The van der Waals surface area contributed by atoms with E-state index in [0.717, 1.165) is 5.56 Å². The number of rotatable bonds is 6. The molecule has 0 unspecified atom stereocenters. The van der Waals surface area contributed by atoms with Crippen molar-refractivity contribution >= 4 is 24.2 Å². The maximum atomic E-state index is 12.0. The van der Waals surface area contributed by atoms with E-state index in [0.29, 0.717) is 22.3 Å². The molecule has 0 aliphatic heterocycles. The highest BCUT2D eigenvalue weighted by Gasteiger charge is 2.08. The second kappa shape index (κ2) is 9.79. The number of amides is 2. The summed E-state index contributed by atoms with van der Waals surface area (Å²) in [5.74, 6) is -0.787. The van der Waals surface area contributed by atoms with Gasteiger partial charge in [-0.3, -0.25) is 9.59 Å². The first-order valence-electron chi connectivity index (χ1n) is 9.15. The molecule has 0 aromatic heterocycles. The van der Waals surface area contributed by atoms with Crippen molar-refractivity contribution in [1.29, 1.82) is 0 Å². The highest BCUT2D eigenvalue weighted by molar-refractivity contribution is 5.97. The van der Waals surface area contributed by atoms with Gasteiger partial charge in [0.15, 0.2) is 0 Å². The van der Waals surface area contributed by atoms with Crippen molar-refractivity contribution in [3.63, 3.8) is 0 Å². The molecule has 0 spiro atoms. The fourth-order valence-electron chi connectivity index (χ4n) is 2.66. The van der Waals surface area contributed by atoms with Gasteiger partial charge in [-0.25, -0.2) is 10.9 Å². The summed E-state index contributed by atoms with van der Waals surface area (Å²) in [6.45, 7) is 1.85. The largest absolute Gasteiger partial charge is 0.507 e. The molecule has 0 heterocycles. The van der Waals surface area contributed by atoms with Gasteiger partial charge in [0.2, 0.25) is 0 Å². The molecule has 3 rings (SSSR count). The van der Waals surface area contributed by atoms with Crippen molar-refractivity contribution in [3.05, 3.63) is 101 Å². The first kappa shape index (κ1) is 20.5. The molecule has 3 N–H and O–H groups in total. The van der Waals surface area contributed by atoms with Gasteiger partial charge in [0.25, 0.3) is 11.8 Å². The van der Waals surface area contributed by atoms with Crippen LogP contribution in [-0.4, -0.2) is 29.4 Å². The molecule has 2 amide bonds. The van der Waals surface area contributed by atoms with E-state index >= 15 is 0 Å². The normalized spacial score (nSPS) is 11.0. The smallest absolute Gasteiger partial charge is 0.271 e. The van der Waals surface area contributed by atoms with E-state index in [1.54, 1.807) is 60.7 Å². The quantitative estimate of drug-likeness (QED) is 0.437. The van der Waals surface area contributed by atoms with Crippen LogP contribution in [0.4, 0.5) is 0 Å². The van der Waals surface area contributed by atoms with Crippen LogP contribution in [0.2, 0.25) is 0 Å². The molecule has 0 fully saturated rings. The zero-order valence-corrected chi connectivity index (χ0v) is 16.2. The van der Waals surface area contributed by atoms with Crippen LogP contribution >= 0.6 is 0 Å². The summed E-state index contributed by atoms with van der Waals surface area (Å²) >= 11 is 0. The fraction of sp³-hybridized carbons (Fsp3) is 0.0435. The number of phenolic OH excluding ortho intramolecular Hbond substituents is 1. The summed E-state index contributed by atoms with van der Waals surface area (Å²) in [4.78, 5) is 24.1. The molecule has 0 bridgehead atoms. The van der Waals surface area contributed by atoms with Gasteiger partial charge < -0.3 is 5.11 Å². The van der Waals surface area contributed by atoms with E-state index < -0.39 is 0 Å². The van der Waals surface area contributed by atoms with Crippen molar-refractivity contribution in [2.75, 3.05) is 0 Å². The lowest BCUT2D eigenvalue weighted by Crippen LogP contribution is -2.17. The monoisotopic (exact) mass is 400 g/mol. The number of nitrogens with one attached hydrogen (secondary N) is 2. The summed E-state index contributed by atoms with van der Waals surface area (Å²) in [7, 11) is 0. The van der Waals surface area contributed by atoms with Crippen LogP contribution in [0.3, 0.4) is 0 Å². The Balaban J connectivity index is 1.68. The molecule has 0 saturated heterocycles. The average molecular weight is 400 g/mol. The summed E-state index contributed by atoms with van der Waals surface area (Å²) < 4.78 is 0. The maximum absolute atomic E-state index is 12.0. The summed E-state index contributed by atoms with van der Waals surface area (Å²) in [5, 5.41) is 18.3. The minimum Gasteiger partial charge on any atom is -0.507 e. The van der Waals surface area contributed by atoms with Crippen molar-refractivity contribution in [2.45, 2.75) is 6.92 Å². The Labute approximate surface area is 173 Å². The number of carbonyl (C=O) groups excluding carboxylic acids is 2. The number of benzene rings is 3. The van der Waals surface area contributed by atoms with Crippen LogP contribution in [-0.2, 0) is 0 Å². The van der Waals surface area contributed by atoms with Crippen molar-refractivity contribution in [3.8, 4) is 5.75 Å². The second-order valence-electron chi connectivity index (χ2n) is 6.42. The van der Waals surface area contributed by atoms with Crippen LogP contribution in [0.1, 0.15) is 37.4 Å². The standard InChI is InChI=1S/C23H20N4O3/c1-16-12-19(14-24-26-22(29)17-8-4-2-5-9-17)21(28)20(13-16)15-25-27-23(30)18-10-6-3-7-11-18/h2-15,28H,1H3,(H,26,29)(H,27,30)/b24-14+,25-15+. The predicted octanol–water partition coefficient (Wildman–Crippen LogP) is 3.23. The Morgan fingerprint density at radius 1 is 0.767 bits per heavy atom. The van der Waals surface area contributed by atoms with E-state index in [4.69, 9.17) is 0 Å². The van der Waals surface area contributed by atoms with E-state index in [1.165, 1.54) is 12.4 Å². The molecule has 3 aromatic carbocycles. The van der Waals surface area contributed by atoms with E-state index in [1.807, 2.05) is 19.1 Å². The van der Waals surface area contributed by atoms with Crippen LogP contribution < -0.4 is 10.9 Å². The van der Waals surface area contributed by atoms with Gasteiger partial charge in [0, 0.05) is 22.3 Å². The highest BCUT2D eigenvalue weighted by Crippen LogP contribution is 2.21. The van der Waals surface area contributed by atoms with Crippen molar-refractivity contribution in [1.82, 2.24) is 10.9 Å². The first-order valence-corrected chi connectivity index (χ1v) is 9.15. The zero-order chi connectivity index (χ0) is 21.3. The molecule has 3 aromatic rings. The van der Waals surface area contributed by atoms with Gasteiger partial charge in [0.05, 0.1) is 12.4 Å². The third-order valence-electron chi connectivity index (χ3n) is 4.12. The van der Waals surface area contributed by atoms with E-state index in [9.17, 15) is 14.7 Å². The SMILES string of the molecule is Cc1cc(/C=N/NC(=O)c2ccccc2)c(O)c(/C=N/NC(=O)c2ccccc2)c1. The number of hydrogen-bond acceptors (Lipinski definition) is 5. The summed E-state index contributed by atoms with van der Waals surface area (Å²) in [6, 6.07) is 20.8. The lowest BCUT2D eigenvalue weighted by molar-refractivity contribution is 0.0947. The van der Waals surface area contributed by atoms with Gasteiger partial charge in [-0.05, 0) is 48.9 Å².